The van der Waals surface area contributed by atoms with E-state index in [2.05, 4.69) is 15.6 Å². The van der Waals surface area contributed by atoms with Crippen molar-refractivity contribution in [1.82, 2.24) is 15.2 Å². The smallest absolute Gasteiger partial charge is 0.254 e. The number of methoxy groups -OCH3 is 1. The van der Waals surface area contributed by atoms with E-state index in [0.29, 0.717) is 28.7 Å². The summed E-state index contributed by atoms with van der Waals surface area (Å²) in [5, 5.41) is 7.85. The molecule has 0 saturated heterocycles. The minimum atomic E-state index is -0.347. The number of rotatable bonds is 11. The second kappa shape index (κ2) is 12.8. The van der Waals surface area contributed by atoms with Crippen molar-refractivity contribution in [1.29, 1.82) is 0 Å². The van der Waals surface area contributed by atoms with Crippen LogP contribution in [0.1, 0.15) is 48.4 Å². The molecule has 0 spiro atoms. The van der Waals surface area contributed by atoms with Gasteiger partial charge in [-0.05, 0) is 42.7 Å². The van der Waals surface area contributed by atoms with Gasteiger partial charge in [0.05, 0.1) is 25.3 Å². The van der Waals surface area contributed by atoms with Gasteiger partial charge in [-0.3, -0.25) is 14.4 Å². The average Bonchev–Trinajstić information content (AvgIpc) is 3.29. The standard InChI is InChI=1S/C27H32N4O4S/c1-18(2)15-31(26(34)21-10-12-23(35-4)13-11-21)16-25(33)30-27-29-22(17-36-27)14-24(32)28-19(3)20-8-6-5-7-9-20/h5-13,17-19H,14-16H2,1-4H3,(H,28,32)(H,29,30,33). The number of nitrogens with zero attached hydrogens (tertiary/aromatic N) is 2. The van der Waals surface area contributed by atoms with Crippen LogP contribution in [-0.2, 0) is 16.0 Å². The van der Waals surface area contributed by atoms with Gasteiger partial charge < -0.3 is 20.3 Å². The van der Waals surface area contributed by atoms with Crippen molar-refractivity contribution in [2.45, 2.75) is 33.2 Å². The van der Waals surface area contributed by atoms with Gasteiger partial charge in [0.2, 0.25) is 11.8 Å². The van der Waals surface area contributed by atoms with Crippen LogP contribution in [0.5, 0.6) is 5.75 Å². The summed E-state index contributed by atoms with van der Waals surface area (Å²) in [6.07, 6.45) is 0.110. The molecule has 36 heavy (non-hydrogen) atoms. The number of carbonyl (C=O) groups excluding carboxylic acids is 3. The van der Waals surface area contributed by atoms with E-state index in [-0.39, 0.29) is 42.6 Å². The molecule has 1 unspecified atom stereocenters. The number of benzene rings is 2. The summed E-state index contributed by atoms with van der Waals surface area (Å²) in [5.41, 5.74) is 2.07. The largest absolute Gasteiger partial charge is 0.497 e. The second-order valence-corrected chi connectivity index (χ2v) is 9.73. The molecule has 9 heteroatoms. The lowest BCUT2D eigenvalue weighted by atomic mass is 10.1. The second-order valence-electron chi connectivity index (χ2n) is 8.88. The fourth-order valence-corrected chi connectivity index (χ4v) is 4.36. The van der Waals surface area contributed by atoms with Crippen molar-refractivity contribution in [3.63, 3.8) is 0 Å². The fraction of sp³-hybridized carbons (Fsp3) is 0.333. The normalized spacial score (nSPS) is 11.6. The molecular weight excluding hydrogens is 476 g/mol. The molecule has 2 aromatic carbocycles. The Bertz CT molecular complexity index is 1160. The third-order valence-corrected chi connectivity index (χ3v) is 6.17. The Morgan fingerprint density at radius 3 is 2.33 bits per heavy atom. The number of thiazole rings is 1. The molecule has 2 N–H and O–H groups in total. The highest BCUT2D eigenvalue weighted by atomic mass is 32.1. The van der Waals surface area contributed by atoms with Crippen LogP contribution >= 0.6 is 11.3 Å². The lowest BCUT2D eigenvalue weighted by molar-refractivity contribution is -0.121. The van der Waals surface area contributed by atoms with Gasteiger partial charge in [-0.15, -0.1) is 11.3 Å². The van der Waals surface area contributed by atoms with Gasteiger partial charge in [-0.2, -0.15) is 0 Å². The Balaban J connectivity index is 1.56. The van der Waals surface area contributed by atoms with Crippen molar-refractivity contribution in [3.8, 4) is 5.75 Å². The number of hydrogen-bond donors (Lipinski definition) is 2. The zero-order valence-corrected chi connectivity index (χ0v) is 21.8. The Hall–Kier alpha value is -3.72. The van der Waals surface area contributed by atoms with Crippen molar-refractivity contribution in [2.24, 2.45) is 5.92 Å². The van der Waals surface area contributed by atoms with Gasteiger partial charge in [0.25, 0.3) is 5.91 Å². The highest BCUT2D eigenvalue weighted by molar-refractivity contribution is 7.13. The van der Waals surface area contributed by atoms with Gasteiger partial charge >= 0.3 is 0 Å². The molecule has 3 amide bonds. The molecule has 3 aromatic rings. The summed E-state index contributed by atoms with van der Waals surface area (Å²) in [6.45, 7) is 6.23. The molecule has 0 aliphatic carbocycles. The molecule has 0 aliphatic rings. The summed E-state index contributed by atoms with van der Waals surface area (Å²) >= 11 is 1.24. The topological polar surface area (TPSA) is 101 Å². The van der Waals surface area contributed by atoms with Gasteiger partial charge in [0.15, 0.2) is 5.13 Å². The van der Waals surface area contributed by atoms with E-state index < -0.39 is 0 Å². The Kier molecular flexibility index (Phi) is 9.58. The zero-order chi connectivity index (χ0) is 26.1. The first-order valence-electron chi connectivity index (χ1n) is 11.8. The zero-order valence-electron chi connectivity index (χ0n) is 21.0. The molecule has 1 heterocycles. The number of anilines is 1. The van der Waals surface area contributed by atoms with Gasteiger partial charge in [-0.1, -0.05) is 44.2 Å². The lowest BCUT2D eigenvalue weighted by Gasteiger charge is -2.24. The molecule has 0 aliphatic heterocycles. The molecule has 0 radical (unpaired) electrons. The Morgan fingerprint density at radius 2 is 1.69 bits per heavy atom. The van der Waals surface area contributed by atoms with E-state index in [1.807, 2.05) is 51.1 Å². The lowest BCUT2D eigenvalue weighted by Crippen LogP contribution is -2.40. The number of carbonyl (C=O) groups is 3. The quantitative estimate of drug-likeness (QED) is 0.402. The van der Waals surface area contributed by atoms with Gasteiger partial charge in [-0.25, -0.2) is 4.98 Å². The van der Waals surface area contributed by atoms with Crippen LogP contribution in [-0.4, -0.2) is 47.8 Å². The van der Waals surface area contributed by atoms with Crippen LogP contribution in [0, 0.1) is 5.92 Å². The maximum absolute atomic E-state index is 13.0. The Labute approximate surface area is 215 Å². The predicted molar refractivity (Wildman–Crippen MR) is 141 cm³/mol. The SMILES string of the molecule is COc1ccc(C(=O)N(CC(=O)Nc2nc(CC(=O)NC(C)c3ccccc3)cs2)CC(C)C)cc1. The fourth-order valence-electron chi connectivity index (χ4n) is 3.64. The molecule has 0 bridgehead atoms. The number of hydrogen-bond acceptors (Lipinski definition) is 6. The minimum absolute atomic E-state index is 0.104. The van der Waals surface area contributed by atoms with Gasteiger partial charge in [0, 0.05) is 17.5 Å². The average molecular weight is 509 g/mol. The predicted octanol–water partition coefficient (Wildman–Crippen LogP) is 4.31. The summed E-state index contributed by atoms with van der Waals surface area (Å²) in [5.74, 6) is 0.111. The first-order chi connectivity index (χ1) is 17.2. The molecule has 1 atom stereocenters. The van der Waals surface area contributed by atoms with E-state index >= 15 is 0 Å². The number of ether oxygens (including phenoxy) is 1. The van der Waals surface area contributed by atoms with E-state index in [0.717, 1.165) is 5.56 Å². The highest BCUT2D eigenvalue weighted by Crippen LogP contribution is 2.18. The molecule has 0 saturated carbocycles. The van der Waals surface area contributed by atoms with Crippen molar-refractivity contribution < 1.29 is 19.1 Å². The summed E-state index contributed by atoms with van der Waals surface area (Å²) in [7, 11) is 1.56. The number of aromatic nitrogens is 1. The Morgan fingerprint density at radius 1 is 1.00 bits per heavy atom. The molecule has 3 rings (SSSR count). The minimum Gasteiger partial charge on any atom is -0.497 e. The summed E-state index contributed by atoms with van der Waals surface area (Å²) in [4.78, 5) is 44.1. The highest BCUT2D eigenvalue weighted by Gasteiger charge is 2.21. The first kappa shape index (κ1) is 26.9. The summed E-state index contributed by atoms with van der Waals surface area (Å²) in [6, 6.07) is 16.4. The van der Waals surface area contributed by atoms with E-state index in [4.69, 9.17) is 4.74 Å². The third-order valence-electron chi connectivity index (χ3n) is 5.36. The number of nitrogens with one attached hydrogen (secondary N) is 2. The molecule has 0 fully saturated rings. The van der Waals surface area contributed by atoms with E-state index in [9.17, 15) is 14.4 Å². The van der Waals surface area contributed by atoms with Crippen molar-refractivity contribution >= 4 is 34.2 Å². The van der Waals surface area contributed by atoms with Crippen LogP contribution in [0.3, 0.4) is 0 Å². The maximum Gasteiger partial charge on any atom is 0.254 e. The third kappa shape index (κ3) is 7.91. The van der Waals surface area contributed by atoms with Gasteiger partial charge in [0.1, 0.15) is 12.3 Å². The molecule has 1 aromatic heterocycles. The van der Waals surface area contributed by atoms with E-state index in [1.54, 1.807) is 36.8 Å². The van der Waals surface area contributed by atoms with Crippen molar-refractivity contribution in [2.75, 3.05) is 25.5 Å². The maximum atomic E-state index is 13.0. The monoisotopic (exact) mass is 508 g/mol. The van der Waals surface area contributed by atoms with E-state index in [1.165, 1.54) is 16.2 Å². The molecular formula is C27H32N4O4S. The molecule has 190 valence electrons. The summed E-state index contributed by atoms with van der Waals surface area (Å²) < 4.78 is 5.15. The van der Waals surface area contributed by atoms with Crippen LogP contribution in [0.4, 0.5) is 5.13 Å². The van der Waals surface area contributed by atoms with Crippen LogP contribution in [0.2, 0.25) is 0 Å². The van der Waals surface area contributed by atoms with Crippen LogP contribution in [0.15, 0.2) is 60.0 Å². The van der Waals surface area contributed by atoms with Crippen LogP contribution in [0.25, 0.3) is 0 Å². The van der Waals surface area contributed by atoms with Crippen LogP contribution < -0.4 is 15.4 Å². The number of amides is 3. The molecule has 8 nitrogen and oxygen atoms in total. The first-order valence-corrected chi connectivity index (χ1v) is 12.6. The van der Waals surface area contributed by atoms with Crippen molar-refractivity contribution in [3.05, 3.63) is 76.8 Å².